The molecule has 0 amide bonds. The third-order valence-corrected chi connectivity index (χ3v) is 5.96. The Morgan fingerprint density at radius 2 is 1.82 bits per heavy atom. The van der Waals surface area contributed by atoms with Crippen molar-refractivity contribution in [1.82, 2.24) is 18.7 Å². The van der Waals surface area contributed by atoms with Crippen LogP contribution < -0.4 is 20.9 Å². The lowest BCUT2D eigenvalue weighted by atomic mass is 10.2. The topological polar surface area (TPSA) is 74.3 Å². The summed E-state index contributed by atoms with van der Waals surface area (Å²) >= 11 is 0. The van der Waals surface area contributed by atoms with E-state index in [4.69, 9.17) is 4.74 Å². The molecule has 2 aromatic heterocycles. The summed E-state index contributed by atoms with van der Waals surface area (Å²) in [6.45, 7) is 3.72. The molecular weight excluding hydrogens is 425 g/mol. The molecule has 9 heteroatoms. The number of benzene rings is 2. The number of rotatable bonds is 5. The molecular formula is C24H24FN5O3. The molecule has 0 aliphatic carbocycles. The van der Waals surface area contributed by atoms with Crippen molar-refractivity contribution in [3.05, 3.63) is 80.7 Å². The van der Waals surface area contributed by atoms with E-state index < -0.39 is 17.1 Å². The van der Waals surface area contributed by atoms with Crippen LogP contribution >= 0.6 is 0 Å². The van der Waals surface area contributed by atoms with E-state index in [1.165, 1.54) is 10.6 Å². The molecule has 0 saturated carbocycles. The largest absolute Gasteiger partial charge is 0.494 e. The highest BCUT2D eigenvalue weighted by Gasteiger charge is 2.27. The van der Waals surface area contributed by atoms with Crippen molar-refractivity contribution in [2.45, 2.75) is 26.4 Å². The van der Waals surface area contributed by atoms with E-state index in [1.54, 1.807) is 25.2 Å². The van der Waals surface area contributed by atoms with Gasteiger partial charge in [0.15, 0.2) is 11.2 Å². The maximum atomic E-state index is 14.2. The van der Waals surface area contributed by atoms with Crippen LogP contribution in [0.1, 0.15) is 18.9 Å². The molecule has 5 rings (SSSR count). The number of hydrogen-bond acceptors (Lipinski definition) is 5. The van der Waals surface area contributed by atoms with Gasteiger partial charge in [0.05, 0.1) is 13.2 Å². The van der Waals surface area contributed by atoms with E-state index in [1.807, 2.05) is 40.7 Å². The third kappa shape index (κ3) is 3.49. The summed E-state index contributed by atoms with van der Waals surface area (Å²) in [6, 6.07) is 13.9. The Balaban J connectivity index is 1.64. The summed E-state index contributed by atoms with van der Waals surface area (Å²) in [4.78, 5) is 33.2. The average Bonchev–Trinajstić information content (AvgIpc) is 3.22. The van der Waals surface area contributed by atoms with Gasteiger partial charge in [0.25, 0.3) is 5.56 Å². The van der Waals surface area contributed by atoms with Crippen LogP contribution in [0.3, 0.4) is 0 Å². The molecule has 0 fully saturated rings. The Bertz CT molecular complexity index is 1450. The van der Waals surface area contributed by atoms with Crippen molar-refractivity contribution in [3.63, 3.8) is 0 Å². The van der Waals surface area contributed by atoms with Crippen LogP contribution in [-0.2, 0) is 20.1 Å². The number of aromatic nitrogens is 4. The lowest BCUT2D eigenvalue weighted by Crippen LogP contribution is -2.40. The SMILES string of the molecule is CCOc1ccc(N2CCCn3c2nc2c3c(=O)n(Cc3ccccc3F)c(=O)n2C)cc1. The molecule has 4 aromatic rings. The molecule has 0 spiro atoms. The molecule has 0 bridgehead atoms. The smallest absolute Gasteiger partial charge is 0.332 e. The molecule has 0 saturated heterocycles. The first-order valence-electron chi connectivity index (χ1n) is 10.9. The minimum atomic E-state index is -0.529. The van der Waals surface area contributed by atoms with Gasteiger partial charge in [0.2, 0.25) is 5.95 Å². The lowest BCUT2D eigenvalue weighted by Gasteiger charge is -2.29. The minimum Gasteiger partial charge on any atom is -0.494 e. The van der Waals surface area contributed by atoms with Gasteiger partial charge in [-0.1, -0.05) is 18.2 Å². The molecule has 0 unspecified atom stereocenters. The molecule has 1 aliphatic rings. The van der Waals surface area contributed by atoms with Crippen molar-refractivity contribution in [1.29, 1.82) is 0 Å². The normalized spacial score (nSPS) is 13.4. The third-order valence-electron chi connectivity index (χ3n) is 5.96. The van der Waals surface area contributed by atoms with E-state index in [0.717, 1.165) is 29.0 Å². The van der Waals surface area contributed by atoms with Crippen LogP contribution in [0.15, 0.2) is 58.1 Å². The summed E-state index contributed by atoms with van der Waals surface area (Å²) in [5.41, 5.74) is 0.876. The van der Waals surface area contributed by atoms with Crippen molar-refractivity contribution in [2.24, 2.45) is 7.05 Å². The van der Waals surface area contributed by atoms with Gasteiger partial charge in [0.1, 0.15) is 11.6 Å². The number of ether oxygens (including phenoxy) is 1. The van der Waals surface area contributed by atoms with E-state index in [2.05, 4.69) is 4.98 Å². The number of imidazole rings is 1. The number of nitrogens with zero attached hydrogens (tertiary/aromatic N) is 5. The zero-order chi connectivity index (χ0) is 23.1. The summed E-state index contributed by atoms with van der Waals surface area (Å²) in [6.07, 6.45) is 0.807. The minimum absolute atomic E-state index is 0.142. The van der Waals surface area contributed by atoms with Crippen LogP contribution in [0.5, 0.6) is 5.75 Å². The Kier molecular flexibility index (Phi) is 5.24. The molecule has 8 nitrogen and oxygen atoms in total. The summed E-state index contributed by atoms with van der Waals surface area (Å²) in [5, 5.41) is 0. The van der Waals surface area contributed by atoms with Crippen LogP contribution in [0.2, 0.25) is 0 Å². The molecule has 1 aliphatic heterocycles. The molecule has 33 heavy (non-hydrogen) atoms. The van der Waals surface area contributed by atoms with Crippen LogP contribution in [0.4, 0.5) is 16.0 Å². The summed E-state index contributed by atoms with van der Waals surface area (Å²) in [5.74, 6) is 0.935. The van der Waals surface area contributed by atoms with Gasteiger partial charge in [-0.05, 0) is 43.7 Å². The first-order valence-corrected chi connectivity index (χ1v) is 10.9. The number of fused-ring (bicyclic) bond motifs is 3. The van der Waals surface area contributed by atoms with Gasteiger partial charge >= 0.3 is 5.69 Å². The predicted octanol–water partition coefficient (Wildman–Crippen LogP) is 3.02. The van der Waals surface area contributed by atoms with Crippen molar-refractivity contribution >= 4 is 22.8 Å². The van der Waals surface area contributed by atoms with E-state index in [9.17, 15) is 14.0 Å². The highest BCUT2D eigenvalue weighted by atomic mass is 19.1. The van der Waals surface area contributed by atoms with Crippen LogP contribution in [0.25, 0.3) is 11.2 Å². The standard InChI is InChI=1S/C24H24FN5O3/c1-3-33-18-11-9-17(10-12-18)28-13-6-14-29-20-21(26-23(28)29)27(2)24(32)30(22(20)31)15-16-7-4-5-8-19(16)25/h4-5,7-12H,3,6,13-15H2,1-2H3. The molecule has 0 N–H and O–H groups in total. The van der Waals surface area contributed by atoms with Gasteiger partial charge in [0, 0.05) is 31.4 Å². The van der Waals surface area contributed by atoms with Crippen molar-refractivity contribution in [3.8, 4) is 5.75 Å². The fraction of sp³-hybridized carbons (Fsp3) is 0.292. The fourth-order valence-electron chi connectivity index (χ4n) is 4.33. The summed E-state index contributed by atoms with van der Waals surface area (Å²) in [7, 11) is 1.59. The Morgan fingerprint density at radius 1 is 1.06 bits per heavy atom. The maximum absolute atomic E-state index is 14.2. The number of halogens is 1. The number of hydrogen-bond donors (Lipinski definition) is 0. The highest BCUT2D eigenvalue weighted by molar-refractivity contribution is 5.77. The molecule has 0 radical (unpaired) electrons. The van der Waals surface area contributed by atoms with Crippen molar-refractivity contribution < 1.29 is 9.13 Å². The Hall–Kier alpha value is -3.88. The van der Waals surface area contributed by atoms with E-state index >= 15 is 0 Å². The second-order valence-electron chi connectivity index (χ2n) is 7.99. The monoisotopic (exact) mass is 449 g/mol. The molecule has 170 valence electrons. The first-order chi connectivity index (χ1) is 16.0. The predicted molar refractivity (Wildman–Crippen MR) is 124 cm³/mol. The van der Waals surface area contributed by atoms with E-state index in [-0.39, 0.29) is 12.1 Å². The van der Waals surface area contributed by atoms with Crippen LogP contribution in [-0.4, -0.2) is 31.8 Å². The highest BCUT2D eigenvalue weighted by Crippen LogP contribution is 2.31. The molecule has 2 aromatic carbocycles. The van der Waals surface area contributed by atoms with E-state index in [0.29, 0.717) is 30.3 Å². The average molecular weight is 449 g/mol. The first kappa shape index (κ1) is 21.0. The van der Waals surface area contributed by atoms with Crippen LogP contribution in [0, 0.1) is 5.82 Å². The Labute approximate surface area is 189 Å². The number of anilines is 2. The summed E-state index contributed by atoms with van der Waals surface area (Å²) < 4.78 is 24.0. The van der Waals surface area contributed by atoms with Gasteiger partial charge in [-0.15, -0.1) is 0 Å². The molecule has 0 atom stereocenters. The zero-order valence-corrected chi connectivity index (χ0v) is 18.5. The zero-order valence-electron chi connectivity index (χ0n) is 18.5. The fourth-order valence-corrected chi connectivity index (χ4v) is 4.33. The van der Waals surface area contributed by atoms with Gasteiger partial charge < -0.3 is 14.2 Å². The van der Waals surface area contributed by atoms with Gasteiger partial charge in [-0.25, -0.2) is 9.18 Å². The lowest BCUT2D eigenvalue weighted by molar-refractivity contribution is 0.340. The second kappa shape index (κ2) is 8.23. The number of aryl methyl sites for hydroxylation is 2. The quantitative estimate of drug-likeness (QED) is 0.468. The Morgan fingerprint density at radius 3 is 2.55 bits per heavy atom. The molecule has 3 heterocycles. The van der Waals surface area contributed by atoms with Crippen molar-refractivity contribution in [2.75, 3.05) is 18.1 Å². The maximum Gasteiger partial charge on any atom is 0.332 e. The van der Waals surface area contributed by atoms with Gasteiger partial charge in [-0.3, -0.25) is 13.9 Å². The second-order valence-corrected chi connectivity index (χ2v) is 7.99. The van der Waals surface area contributed by atoms with Gasteiger partial charge in [-0.2, -0.15) is 4.98 Å².